The third-order valence-corrected chi connectivity index (χ3v) is 5.35. The summed E-state index contributed by atoms with van der Waals surface area (Å²) in [6.45, 7) is 0. The maximum absolute atomic E-state index is 12.3. The molecule has 0 spiro atoms. The summed E-state index contributed by atoms with van der Waals surface area (Å²) in [5.74, 6) is -0.776. The summed E-state index contributed by atoms with van der Waals surface area (Å²) in [5, 5.41) is 6.09. The fourth-order valence-electron chi connectivity index (χ4n) is 1.94. The molecule has 5 nitrogen and oxygen atoms in total. The van der Waals surface area contributed by atoms with Crippen LogP contribution in [0.3, 0.4) is 0 Å². The van der Waals surface area contributed by atoms with E-state index in [0.29, 0.717) is 20.7 Å². The van der Waals surface area contributed by atoms with Crippen LogP contribution in [0.5, 0.6) is 0 Å². The molecule has 0 radical (unpaired) electrons. The summed E-state index contributed by atoms with van der Waals surface area (Å²) >= 11 is 8.83. The smallest absolute Gasteiger partial charge is 0.269 e. The standard InChI is InChI=1S/C14H10ClN3O2S2/c15-11-8-3-1-2-4-9(8)22-12(11)13(20)18-14-17-7(6-21-14)5-10(16)19/h1-4,6H,5H2,(H2,16,19)(H,17,18,20). The lowest BCUT2D eigenvalue weighted by molar-refractivity contribution is -0.117. The topological polar surface area (TPSA) is 85.1 Å². The third-order valence-electron chi connectivity index (χ3n) is 2.87. The molecule has 2 heterocycles. The number of halogens is 1. The second-order valence-corrected chi connectivity index (χ2v) is 6.77. The second kappa shape index (κ2) is 6.04. The van der Waals surface area contributed by atoms with Crippen LogP contribution < -0.4 is 11.1 Å². The molecule has 112 valence electrons. The Morgan fingerprint density at radius 3 is 2.82 bits per heavy atom. The number of aromatic nitrogens is 1. The largest absolute Gasteiger partial charge is 0.369 e. The van der Waals surface area contributed by atoms with Crippen molar-refractivity contribution in [3.8, 4) is 0 Å². The lowest BCUT2D eigenvalue weighted by atomic mass is 10.2. The van der Waals surface area contributed by atoms with Crippen LogP contribution in [-0.2, 0) is 11.2 Å². The molecule has 0 aliphatic carbocycles. The second-order valence-electron chi connectivity index (χ2n) is 4.48. The Balaban J connectivity index is 1.82. The minimum absolute atomic E-state index is 0.0516. The number of hydrogen-bond donors (Lipinski definition) is 2. The van der Waals surface area contributed by atoms with Gasteiger partial charge in [0.1, 0.15) is 4.88 Å². The van der Waals surface area contributed by atoms with Gasteiger partial charge in [0.2, 0.25) is 5.91 Å². The predicted octanol–water partition coefficient (Wildman–Crippen LogP) is 3.29. The first kappa shape index (κ1) is 15.0. The van der Waals surface area contributed by atoms with Crippen molar-refractivity contribution < 1.29 is 9.59 Å². The number of primary amides is 1. The number of thiophene rings is 1. The first-order valence-corrected chi connectivity index (χ1v) is 8.33. The fourth-order valence-corrected chi connectivity index (χ4v) is 4.06. The Morgan fingerprint density at radius 1 is 1.32 bits per heavy atom. The van der Waals surface area contributed by atoms with Gasteiger partial charge in [0.25, 0.3) is 5.91 Å². The summed E-state index contributed by atoms with van der Waals surface area (Å²) in [4.78, 5) is 27.8. The molecule has 3 rings (SSSR count). The van der Waals surface area contributed by atoms with Gasteiger partial charge in [-0.25, -0.2) is 4.98 Å². The summed E-state index contributed by atoms with van der Waals surface area (Å²) < 4.78 is 0.950. The van der Waals surface area contributed by atoms with Crippen molar-refractivity contribution in [1.29, 1.82) is 0 Å². The molecule has 8 heteroatoms. The lowest BCUT2D eigenvalue weighted by Gasteiger charge is -1.99. The molecular formula is C14H10ClN3O2S2. The quantitative estimate of drug-likeness (QED) is 0.756. The number of nitrogens with one attached hydrogen (secondary N) is 1. The third kappa shape index (κ3) is 2.96. The van der Waals surface area contributed by atoms with Crippen molar-refractivity contribution in [3.63, 3.8) is 0 Å². The molecule has 3 aromatic rings. The van der Waals surface area contributed by atoms with E-state index >= 15 is 0 Å². The molecule has 0 atom stereocenters. The number of nitrogens with two attached hydrogens (primary N) is 1. The van der Waals surface area contributed by atoms with E-state index in [1.165, 1.54) is 22.7 Å². The Bertz CT molecular complexity index is 872. The molecule has 1 aromatic carbocycles. The Hall–Kier alpha value is -1.96. The first-order chi connectivity index (χ1) is 10.5. The molecule has 3 N–H and O–H groups in total. The zero-order chi connectivity index (χ0) is 15.7. The SMILES string of the molecule is NC(=O)Cc1csc(NC(=O)c2sc3ccccc3c2Cl)n1. The van der Waals surface area contributed by atoms with Crippen molar-refractivity contribution >= 4 is 61.3 Å². The number of fused-ring (bicyclic) bond motifs is 1. The molecule has 0 aliphatic heterocycles. The van der Waals surface area contributed by atoms with E-state index in [0.717, 1.165) is 10.1 Å². The van der Waals surface area contributed by atoms with Crippen molar-refractivity contribution in [3.05, 3.63) is 45.2 Å². The number of carbonyl (C=O) groups is 2. The number of rotatable bonds is 4. The van der Waals surface area contributed by atoms with Crippen molar-refractivity contribution in [2.24, 2.45) is 5.73 Å². The van der Waals surface area contributed by atoms with Gasteiger partial charge in [-0.1, -0.05) is 29.8 Å². The van der Waals surface area contributed by atoms with E-state index in [1.54, 1.807) is 5.38 Å². The summed E-state index contributed by atoms with van der Waals surface area (Å²) in [6.07, 6.45) is 0.0516. The highest BCUT2D eigenvalue weighted by molar-refractivity contribution is 7.21. The molecule has 0 unspecified atom stereocenters. The Morgan fingerprint density at radius 2 is 2.09 bits per heavy atom. The van der Waals surface area contributed by atoms with Crippen LogP contribution in [0.4, 0.5) is 5.13 Å². The molecule has 2 aromatic heterocycles. The maximum Gasteiger partial charge on any atom is 0.269 e. The first-order valence-electron chi connectivity index (χ1n) is 6.25. The molecular weight excluding hydrogens is 342 g/mol. The van der Waals surface area contributed by atoms with E-state index in [4.69, 9.17) is 17.3 Å². The minimum atomic E-state index is -0.462. The summed E-state index contributed by atoms with van der Waals surface area (Å²) in [5.41, 5.74) is 5.65. The average Bonchev–Trinajstić information content (AvgIpc) is 3.04. The monoisotopic (exact) mass is 351 g/mol. The fraction of sp³-hybridized carbons (Fsp3) is 0.0714. The molecule has 0 fully saturated rings. The van der Waals surface area contributed by atoms with Crippen LogP contribution in [0.2, 0.25) is 5.02 Å². The van der Waals surface area contributed by atoms with E-state index in [2.05, 4.69) is 10.3 Å². The highest BCUT2D eigenvalue weighted by Gasteiger charge is 2.18. The van der Waals surface area contributed by atoms with Gasteiger partial charge in [-0.05, 0) is 6.07 Å². The molecule has 22 heavy (non-hydrogen) atoms. The van der Waals surface area contributed by atoms with Crippen molar-refractivity contribution in [2.75, 3.05) is 5.32 Å². The molecule has 2 amide bonds. The van der Waals surface area contributed by atoms with Crippen molar-refractivity contribution in [1.82, 2.24) is 4.98 Å². The van der Waals surface area contributed by atoms with Gasteiger partial charge >= 0.3 is 0 Å². The maximum atomic E-state index is 12.3. The summed E-state index contributed by atoms with van der Waals surface area (Å²) in [6, 6.07) is 7.56. The zero-order valence-corrected chi connectivity index (χ0v) is 13.5. The van der Waals surface area contributed by atoms with Crippen LogP contribution in [0.1, 0.15) is 15.4 Å². The Kier molecular flexibility index (Phi) is 4.10. The highest BCUT2D eigenvalue weighted by atomic mass is 35.5. The lowest BCUT2D eigenvalue weighted by Crippen LogP contribution is -2.14. The number of thiazole rings is 1. The van der Waals surface area contributed by atoms with Crippen LogP contribution in [-0.4, -0.2) is 16.8 Å². The van der Waals surface area contributed by atoms with Crippen LogP contribution in [0.15, 0.2) is 29.6 Å². The minimum Gasteiger partial charge on any atom is -0.369 e. The summed E-state index contributed by atoms with van der Waals surface area (Å²) in [7, 11) is 0. The number of anilines is 1. The van der Waals surface area contributed by atoms with Crippen LogP contribution in [0, 0.1) is 0 Å². The number of nitrogens with zero attached hydrogens (tertiary/aromatic N) is 1. The molecule has 0 bridgehead atoms. The van der Waals surface area contributed by atoms with Crippen LogP contribution >= 0.6 is 34.3 Å². The molecule has 0 saturated heterocycles. The van der Waals surface area contributed by atoms with Crippen molar-refractivity contribution in [2.45, 2.75) is 6.42 Å². The Labute approximate surface area is 138 Å². The van der Waals surface area contributed by atoms with Gasteiger partial charge in [0.05, 0.1) is 17.1 Å². The van der Waals surface area contributed by atoms with Gasteiger partial charge in [0.15, 0.2) is 5.13 Å². The van der Waals surface area contributed by atoms with E-state index in [9.17, 15) is 9.59 Å². The van der Waals surface area contributed by atoms with E-state index in [1.807, 2.05) is 24.3 Å². The zero-order valence-electron chi connectivity index (χ0n) is 11.1. The van der Waals surface area contributed by atoms with Gasteiger partial charge in [0, 0.05) is 15.5 Å². The van der Waals surface area contributed by atoms with E-state index < -0.39 is 5.91 Å². The molecule has 0 aliphatic rings. The van der Waals surface area contributed by atoms with Gasteiger partial charge in [-0.15, -0.1) is 22.7 Å². The molecule has 0 saturated carbocycles. The number of hydrogen-bond acceptors (Lipinski definition) is 5. The predicted molar refractivity (Wildman–Crippen MR) is 89.8 cm³/mol. The normalized spacial score (nSPS) is 10.8. The van der Waals surface area contributed by atoms with Gasteiger partial charge in [-0.3, -0.25) is 14.9 Å². The number of amides is 2. The van der Waals surface area contributed by atoms with Crippen LogP contribution in [0.25, 0.3) is 10.1 Å². The number of carbonyl (C=O) groups excluding carboxylic acids is 2. The highest BCUT2D eigenvalue weighted by Crippen LogP contribution is 2.35. The van der Waals surface area contributed by atoms with Gasteiger partial charge in [-0.2, -0.15) is 0 Å². The average molecular weight is 352 g/mol. The van der Waals surface area contributed by atoms with E-state index in [-0.39, 0.29) is 12.3 Å². The number of benzene rings is 1. The van der Waals surface area contributed by atoms with Gasteiger partial charge < -0.3 is 5.73 Å².